The summed E-state index contributed by atoms with van der Waals surface area (Å²) in [6.07, 6.45) is 2.24. The van der Waals surface area contributed by atoms with Crippen molar-refractivity contribution in [2.24, 2.45) is 5.92 Å². The lowest BCUT2D eigenvalue weighted by molar-refractivity contribution is -0.138. The van der Waals surface area contributed by atoms with Crippen LogP contribution in [0.15, 0.2) is 48.5 Å². The predicted octanol–water partition coefficient (Wildman–Crippen LogP) is 3.32. The zero-order valence-corrected chi connectivity index (χ0v) is 19.7. The lowest BCUT2D eigenvalue weighted by Gasteiger charge is -2.28. The number of carbonyl (C=O) groups excluding carboxylic acids is 2. The largest absolute Gasteiger partial charge is 0.495 e. The molecule has 2 fully saturated rings. The Hall–Kier alpha value is -3.06. The van der Waals surface area contributed by atoms with E-state index in [0.717, 1.165) is 30.7 Å². The van der Waals surface area contributed by atoms with Gasteiger partial charge >= 0.3 is 0 Å². The Kier molecular flexibility index (Phi) is 7.18. The van der Waals surface area contributed by atoms with Crippen molar-refractivity contribution in [2.45, 2.75) is 31.9 Å². The van der Waals surface area contributed by atoms with E-state index in [0.29, 0.717) is 31.1 Å². The van der Waals surface area contributed by atoms with E-state index in [1.54, 1.807) is 12.0 Å². The molecular weight excluding hydrogens is 418 g/mol. The highest BCUT2D eigenvalue weighted by Crippen LogP contribution is 2.33. The summed E-state index contributed by atoms with van der Waals surface area (Å²) in [5.74, 6) is 0.208. The van der Waals surface area contributed by atoms with Crippen molar-refractivity contribution < 1.29 is 19.1 Å². The van der Waals surface area contributed by atoms with Gasteiger partial charge in [-0.1, -0.05) is 24.3 Å². The van der Waals surface area contributed by atoms with Crippen LogP contribution in [-0.4, -0.2) is 63.7 Å². The molecule has 2 heterocycles. The molecule has 176 valence electrons. The summed E-state index contributed by atoms with van der Waals surface area (Å²) in [4.78, 5) is 32.1. The van der Waals surface area contributed by atoms with Gasteiger partial charge in [-0.05, 0) is 42.7 Å². The van der Waals surface area contributed by atoms with E-state index in [1.165, 1.54) is 0 Å². The Morgan fingerprint density at radius 2 is 1.91 bits per heavy atom. The summed E-state index contributed by atoms with van der Waals surface area (Å²) in [5, 5.41) is 0. The molecule has 2 aliphatic heterocycles. The third-order valence-electron chi connectivity index (χ3n) is 6.44. The normalized spacial score (nSPS) is 20.2. The minimum atomic E-state index is -0.384. The van der Waals surface area contributed by atoms with E-state index in [1.807, 2.05) is 43.3 Å². The number of para-hydroxylation sites is 2. The number of amides is 2. The number of nitrogens with zero attached hydrogens (tertiary/aromatic N) is 3. The lowest BCUT2D eigenvalue weighted by Crippen LogP contribution is -2.41. The molecule has 0 radical (unpaired) electrons. The van der Waals surface area contributed by atoms with Crippen molar-refractivity contribution in [3.63, 3.8) is 0 Å². The smallest absolute Gasteiger partial charge is 0.228 e. The van der Waals surface area contributed by atoms with Crippen LogP contribution in [0.25, 0.3) is 0 Å². The molecule has 2 aromatic carbocycles. The van der Waals surface area contributed by atoms with Crippen LogP contribution in [-0.2, 0) is 20.9 Å². The highest BCUT2D eigenvalue weighted by atomic mass is 16.5. The van der Waals surface area contributed by atoms with E-state index in [9.17, 15) is 9.59 Å². The van der Waals surface area contributed by atoms with Gasteiger partial charge in [-0.25, -0.2) is 0 Å². The minimum absolute atomic E-state index is 0.00735. The van der Waals surface area contributed by atoms with Crippen molar-refractivity contribution in [3.05, 3.63) is 54.1 Å². The molecule has 0 unspecified atom stereocenters. The Balaban J connectivity index is 1.51. The van der Waals surface area contributed by atoms with Crippen LogP contribution in [0.2, 0.25) is 0 Å². The van der Waals surface area contributed by atoms with Crippen molar-refractivity contribution in [1.82, 2.24) is 4.90 Å². The van der Waals surface area contributed by atoms with Crippen LogP contribution in [0.5, 0.6) is 5.75 Å². The number of carbonyl (C=O) groups is 2. The molecule has 2 saturated heterocycles. The van der Waals surface area contributed by atoms with Gasteiger partial charge in [0.15, 0.2) is 0 Å². The van der Waals surface area contributed by atoms with Gasteiger partial charge in [-0.2, -0.15) is 0 Å². The maximum Gasteiger partial charge on any atom is 0.228 e. The second-order valence-corrected chi connectivity index (χ2v) is 8.99. The Bertz CT molecular complexity index is 970. The number of hydrogen-bond donors (Lipinski definition) is 0. The molecule has 0 aliphatic carbocycles. The van der Waals surface area contributed by atoms with Gasteiger partial charge in [0.2, 0.25) is 11.8 Å². The molecule has 0 aromatic heterocycles. The fraction of sp³-hybridized carbons (Fsp3) is 0.462. The minimum Gasteiger partial charge on any atom is -0.495 e. The van der Waals surface area contributed by atoms with Crippen molar-refractivity contribution in [2.75, 3.05) is 50.7 Å². The highest BCUT2D eigenvalue weighted by Gasteiger charge is 2.38. The molecule has 0 N–H and O–H groups in total. The van der Waals surface area contributed by atoms with Gasteiger partial charge in [-0.15, -0.1) is 0 Å². The zero-order chi connectivity index (χ0) is 23.4. The van der Waals surface area contributed by atoms with E-state index in [2.05, 4.69) is 29.2 Å². The van der Waals surface area contributed by atoms with Crippen LogP contribution < -0.4 is 14.5 Å². The van der Waals surface area contributed by atoms with Crippen LogP contribution in [0.3, 0.4) is 0 Å². The molecule has 2 aromatic rings. The molecule has 2 amide bonds. The topological polar surface area (TPSA) is 62.3 Å². The van der Waals surface area contributed by atoms with E-state index in [4.69, 9.17) is 9.47 Å². The van der Waals surface area contributed by atoms with Crippen molar-refractivity contribution in [3.8, 4) is 5.75 Å². The first-order valence-electron chi connectivity index (χ1n) is 11.6. The van der Waals surface area contributed by atoms with Crippen molar-refractivity contribution >= 4 is 23.2 Å². The highest BCUT2D eigenvalue weighted by molar-refractivity contribution is 6.01. The number of anilines is 2. The number of hydrogen-bond acceptors (Lipinski definition) is 5. The van der Waals surface area contributed by atoms with E-state index in [-0.39, 0.29) is 30.3 Å². The summed E-state index contributed by atoms with van der Waals surface area (Å²) >= 11 is 0. The number of rotatable bonds is 8. The molecule has 7 nitrogen and oxygen atoms in total. The molecule has 2 atom stereocenters. The standard InChI is InChI=1S/C26H33N3O4/c1-27(2)21-12-10-19(11-13-21)16-28(18-22-7-6-14-33-22)26(31)20-15-25(30)29(17-20)23-8-4-5-9-24(23)32-3/h4-5,8-13,20,22H,6-7,14-18H2,1-3H3/t20-,22-/m1/s1. The molecule has 0 saturated carbocycles. The Labute approximate surface area is 195 Å². The summed E-state index contributed by atoms with van der Waals surface area (Å²) in [6, 6.07) is 15.7. The first-order valence-corrected chi connectivity index (χ1v) is 11.6. The van der Waals surface area contributed by atoms with Crippen LogP contribution in [0.1, 0.15) is 24.8 Å². The van der Waals surface area contributed by atoms with E-state index >= 15 is 0 Å². The molecule has 0 spiro atoms. The molecule has 0 bridgehead atoms. The molecule has 4 rings (SSSR count). The number of methoxy groups -OCH3 is 1. The maximum atomic E-state index is 13.6. The van der Waals surface area contributed by atoms with E-state index < -0.39 is 0 Å². The third-order valence-corrected chi connectivity index (χ3v) is 6.44. The van der Waals surface area contributed by atoms with Crippen molar-refractivity contribution in [1.29, 1.82) is 0 Å². The summed E-state index contributed by atoms with van der Waals surface area (Å²) in [7, 11) is 5.60. The SMILES string of the molecule is COc1ccccc1N1C[C@H](C(=O)N(Cc2ccc(N(C)C)cc2)C[C@H]2CCCO2)CC1=O. The second-order valence-electron chi connectivity index (χ2n) is 8.99. The van der Waals surface area contributed by atoms with Gasteiger partial charge < -0.3 is 24.2 Å². The van der Waals surface area contributed by atoms with Gasteiger partial charge in [0.05, 0.1) is 24.8 Å². The van der Waals surface area contributed by atoms with Crippen LogP contribution in [0.4, 0.5) is 11.4 Å². The molecule has 7 heteroatoms. The van der Waals surface area contributed by atoms with Gasteiger partial charge in [0, 0.05) is 52.4 Å². The van der Waals surface area contributed by atoms with Crippen LogP contribution in [0, 0.1) is 5.92 Å². The Morgan fingerprint density at radius 1 is 1.15 bits per heavy atom. The van der Waals surface area contributed by atoms with Crippen LogP contribution >= 0.6 is 0 Å². The summed E-state index contributed by atoms with van der Waals surface area (Å²) in [5.41, 5.74) is 2.90. The molecular formula is C26H33N3O4. The monoisotopic (exact) mass is 451 g/mol. The molecule has 2 aliphatic rings. The van der Waals surface area contributed by atoms with Gasteiger partial charge in [-0.3, -0.25) is 9.59 Å². The first kappa shape index (κ1) is 23.1. The average Bonchev–Trinajstić information content (AvgIpc) is 3.48. The summed E-state index contributed by atoms with van der Waals surface area (Å²) < 4.78 is 11.3. The predicted molar refractivity (Wildman–Crippen MR) is 129 cm³/mol. The fourth-order valence-corrected chi connectivity index (χ4v) is 4.60. The van der Waals surface area contributed by atoms with Gasteiger partial charge in [0.1, 0.15) is 5.75 Å². The third kappa shape index (κ3) is 5.30. The summed E-state index contributed by atoms with van der Waals surface area (Å²) in [6.45, 7) is 2.16. The quantitative estimate of drug-likeness (QED) is 0.616. The molecule has 33 heavy (non-hydrogen) atoms. The number of benzene rings is 2. The Morgan fingerprint density at radius 3 is 2.58 bits per heavy atom. The van der Waals surface area contributed by atoms with Gasteiger partial charge in [0.25, 0.3) is 0 Å². The zero-order valence-electron chi connectivity index (χ0n) is 19.7. The lowest BCUT2D eigenvalue weighted by atomic mass is 10.1. The second kappa shape index (κ2) is 10.3. The fourth-order valence-electron chi connectivity index (χ4n) is 4.60. The number of ether oxygens (including phenoxy) is 2. The maximum absolute atomic E-state index is 13.6. The average molecular weight is 452 g/mol. The first-order chi connectivity index (χ1) is 16.0.